The normalized spacial score (nSPS) is 25.3. The van der Waals surface area contributed by atoms with Crippen molar-refractivity contribution in [2.24, 2.45) is 5.41 Å². The summed E-state index contributed by atoms with van der Waals surface area (Å²) in [5, 5.41) is 17.1. The highest BCUT2D eigenvalue weighted by Gasteiger charge is 2.26. The average molecular weight is 262 g/mol. The molecule has 2 unspecified atom stereocenters. The molecule has 0 radical (unpaired) electrons. The molecule has 2 heterocycles. The molecule has 0 aromatic carbocycles. The lowest BCUT2D eigenvalue weighted by molar-refractivity contribution is 0.102. The van der Waals surface area contributed by atoms with Gasteiger partial charge in [0.25, 0.3) is 0 Å². The fourth-order valence-electron chi connectivity index (χ4n) is 1.39. The molecular formula is C13H26O5. The van der Waals surface area contributed by atoms with Gasteiger partial charge in [-0.2, -0.15) is 0 Å². The van der Waals surface area contributed by atoms with Gasteiger partial charge >= 0.3 is 0 Å². The average Bonchev–Trinajstić information content (AvgIpc) is 3.13. The second kappa shape index (κ2) is 8.07. The Kier molecular flexibility index (Phi) is 7.11. The zero-order valence-corrected chi connectivity index (χ0v) is 11.4. The van der Waals surface area contributed by atoms with Crippen LogP contribution >= 0.6 is 0 Å². The van der Waals surface area contributed by atoms with Crippen LogP contribution in [0.25, 0.3) is 0 Å². The fraction of sp³-hybridized carbons (Fsp3) is 1.00. The first kappa shape index (κ1) is 15.9. The van der Waals surface area contributed by atoms with Gasteiger partial charge in [0.2, 0.25) is 0 Å². The van der Waals surface area contributed by atoms with E-state index in [1.165, 1.54) is 0 Å². The van der Waals surface area contributed by atoms with Crippen LogP contribution < -0.4 is 0 Å². The van der Waals surface area contributed by atoms with Crippen molar-refractivity contribution >= 4 is 0 Å². The molecule has 0 bridgehead atoms. The lowest BCUT2D eigenvalue weighted by atomic mass is 9.86. The van der Waals surface area contributed by atoms with Crippen molar-refractivity contribution in [2.45, 2.75) is 38.9 Å². The molecule has 5 heteroatoms. The van der Waals surface area contributed by atoms with E-state index < -0.39 is 0 Å². The summed E-state index contributed by atoms with van der Waals surface area (Å²) in [4.78, 5) is 0. The van der Waals surface area contributed by atoms with E-state index in [-0.39, 0.29) is 18.6 Å². The summed E-state index contributed by atoms with van der Waals surface area (Å²) in [5.74, 6) is 0. The van der Waals surface area contributed by atoms with Crippen LogP contribution in [0.2, 0.25) is 0 Å². The summed E-state index contributed by atoms with van der Waals surface area (Å²) in [6.45, 7) is 7.77. The Balaban J connectivity index is 0.000000180. The van der Waals surface area contributed by atoms with Gasteiger partial charge in [0, 0.05) is 13.2 Å². The molecule has 0 amide bonds. The van der Waals surface area contributed by atoms with E-state index in [0.717, 1.165) is 39.3 Å². The predicted octanol–water partition coefficient (Wildman–Crippen LogP) is 0.578. The molecule has 2 atom stereocenters. The van der Waals surface area contributed by atoms with Gasteiger partial charge in [-0.3, -0.25) is 0 Å². The number of epoxide rings is 2. The van der Waals surface area contributed by atoms with E-state index in [1.54, 1.807) is 0 Å². The third kappa shape index (κ3) is 8.83. The minimum Gasteiger partial charge on any atom is -0.396 e. The molecule has 2 rings (SSSR count). The molecule has 0 aromatic heterocycles. The Bertz CT molecular complexity index is 191. The molecule has 18 heavy (non-hydrogen) atoms. The van der Waals surface area contributed by atoms with Gasteiger partial charge in [0.15, 0.2) is 0 Å². The molecule has 0 aliphatic carbocycles. The number of aliphatic hydroxyl groups is 2. The molecule has 5 nitrogen and oxygen atoms in total. The van der Waals surface area contributed by atoms with Crippen LogP contribution in [0.1, 0.15) is 26.7 Å². The third-order valence-electron chi connectivity index (χ3n) is 2.99. The van der Waals surface area contributed by atoms with Crippen LogP contribution in [-0.4, -0.2) is 62.1 Å². The standard InChI is InChI=1S/C7H16O2.C6H10O3/c1-7(2,3-5-8)4-6-9;1(5-3-8-5)7-2-6-4-9-6/h8-9H,3-6H2,1-2H3;5-6H,1-4H2. The van der Waals surface area contributed by atoms with Crippen LogP contribution in [0.5, 0.6) is 0 Å². The van der Waals surface area contributed by atoms with Crippen molar-refractivity contribution < 1.29 is 24.4 Å². The fourth-order valence-corrected chi connectivity index (χ4v) is 1.39. The molecule has 0 spiro atoms. The molecule has 2 N–H and O–H groups in total. The van der Waals surface area contributed by atoms with Gasteiger partial charge in [0.1, 0.15) is 12.2 Å². The van der Waals surface area contributed by atoms with Gasteiger partial charge in [0.05, 0.1) is 26.4 Å². The molecular weight excluding hydrogens is 236 g/mol. The maximum atomic E-state index is 8.55. The molecule has 0 aromatic rings. The lowest BCUT2D eigenvalue weighted by Crippen LogP contribution is -2.14. The van der Waals surface area contributed by atoms with E-state index in [9.17, 15) is 0 Å². The van der Waals surface area contributed by atoms with Gasteiger partial charge in [-0.25, -0.2) is 0 Å². The summed E-state index contributed by atoms with van der Waals surface area (Å²) in [7, 11) is 0. The van der Waals surface area contributed by atoms with Crippen LogP contribution in [-0.2, 0) is 14.2 Å². The summed E-state index contributed by atoms with van der Waals surface area (Å²) in [6, 6.07) is 0. The number of rotatable bonds is 8. The molecule has 0 saturated carbocycles. The Hall–Kier alpha value is -0.200. The van der Waals surface area contributed by atoms with Crippen molar-refractivity contribution in [3.63, 3.8) is 0 Å². The number of ether oxygens (including phenoxy) is 3. The Morgan fingerprint density at radius 3 is 1.67 bits per heavy atom. The second-order valence-electron chi connectivity index (χ2n) is 5.56. The number of hydrogen-bond donors (Lipinski definition) is 2. The third-order valence-corrected chi connectivity index (χ3v) is 2.99. The predicted molar refractivity (Wildman–Crippen MR) is 67.5 cm³/mol. The summed E-state index contributed by atoms with van der Waals surface area (Å²) >= 11 is 0. The van der Waals surface area contributed by atoms with E-state index in [1.807, 2.05) is 13.8 Å². The number of aliphatic hydroxyl groups excluding tert-OH is 2. The van der Waals surface area contributed by atoms with Crippen LogP contribution in [0, 0.1) is 5.41 Å². The van der Waals surface area contributed by atoms with Gasteiger partial charge < -0.3 is 24.4 Å². The molecule has 2 aliphatic heterocycles. The highest BCUT2D eigenvalue weighted by molar-refractivity contribution is 4.71. The monoisotopic (exact) mass is 262 g/mol. The van der Waals surface area contributed by atoms with Crippen LogP contribution in [0.4, 0.5) is 0 Å². The zero-order chi connectivity index (χ0) is 13.4. The van der Waals surface area contributed by atoms with Crippen molar-refractivity contribution in [2.75, 3.05) is 39.6 Å². The summed E-state index contributed by atoms with van der Waals surface area (Å²) in [5.41, 5.74) is 0.101. The molecule has 2 aliphatic rings. The Labute approximate surface area is 109 Å². The van der Waals surface area contributed by atoms with Gasteiger partial charge in [-0.15, -0.1) is 0 Å². The minimum absolute atomic E-state index is 0.101. The first-order valence-electron chi connectivity index (χ1n) is 6.60. The summed E-state index contributed by atoms with van der Waals surface area (Å²) in [6.07, 6.45) is 2.33. The first-order valence-corrected chi connectivity index (χ1v) is 6.60. The summed E-state index contributed by atoms with van der Waals surface area (Å²) < 4.78 is 15.1. The topological polar surface area (TPSA) is 74.8 Å². The van der Waals surface area contributed by atoms with Crippen molar-refractivity contribution in [1.29, 1.82) is 0 Å². The van der Waals surface area contributed by atoms with E-state index in [0.29, 0.717) is 12.2 Å². The van der Waals surface area contributed by atoms with Gasteiger partial charge in [-0.1, -0.05) is 13.8 Å². The van der Waals surface area contributed by atoms with E-state index in [2.05, 4.69) is 0 Å². The lowest BCUT2D eigenvalue weighted by Gasteiger charge is -2.21. The smallest absolute Gasteiger partial charge is 0.104 e. The second-order valence-corrected chi connectivity index (χ2v) is 5.56. The molecule has 2 fully saturated rings. The largest absolute Gasteiger partial charge is 0.396 e. The molecule has 108 valence electrons. The van der Waals surface area contributed by atoms with E-state index in [4.69, 9.17) is 24.4 Å². The van der Waals surface area contributed by atoms with Crippen molar-refractivity contribution in [1.82, 2.24) is 0 Å². The maximum absolute atomic E-state index is 8.55. The van der Waals surface area contributed by atoms with Gasteiger partial charge in [-0.05, 0) is 18.3 Å². The highest BCUT2D eigenvalue weighted by atomic mass is 16.6. The van der Waals surface area contributed by atoms with Crippen LogP contribution in [0.3, 0.4) is 0 Å². The highest BCUT2D eigenvalue weighted by Crippen LogP contribution is 2.23. The van der Waals surface area contributed by atoms with Crippen LogP contribution in [0.15, 0.2) is 0 Å². The minimum atomic E-state index is 0.101. The zero-order valence-electron chi connectivity index (χ0n) is 11.4. The van der Waals surface area contributed by atoms with Crippen molar-refractivity contribution in [3.05, 3.63) is 0 Å². The number of hydrogen-bond acceptors (Lipinski definition) is 5. The van der Waals surface area contributed by atoms with E-state index >= 15 is 0 Å². The molecule has 2 saturated heterocycles. The Morgan fingerprint density at radius 2 is 1.39 bits per heavy atom. The first-order chi connectivity index (χ1) is 8.57. The quantitative estimate of drug-likeness (QED) is 0.626. The maximum Gasteiger partial charge on any atom is 0.104 e. The Morgan fingerprint density at radius 1 is 1.00 bits per heavy atom. The van der Waals surface area contributed by atoms with Crippen molar-refractivity contribution in [3.8, 4) is 0 Å². The SMILES string of the molecule is C(OCC1CO1)C1CO1.CC(C)(CCO)CCO.